The lowest BCUT2D eigenvalue weighted by Crippen LogP contribution is -2.12. The van der Waals surface area contributed by atoms with Gasteiger partial charge < -0.3 is 0 Å². The van der Waals surface area contributed by atoms with Gasteiger partial charge in [-0.1, -0.05) is 0 Å². The molecule has 0 unspecified atom stereocenters. The van der Waals surface area contributed by atoms with E-state index in [0.717, 1.165) is 5.06 Å². The van der Waals surface area contributed by atoms with Crippen LogP contribution in [0.5, 0.6) is 0 Å². The van der Waals surface area contributed by atoms with Gasteiger partial charge in [0.1, 0.15) is 0 Å². The molecule has 1 heterocycles. The molecule has 0 aliphatic carbocycles. The van der Waals surface area contributed by atoms with E-state index in [1.807, 2.05) is 0 Å². The Morgan fingerprint density at radius 3 is 2.33 bits per heavy atom. The minimum Gasteiger partial charge on any atom is -0.286 e. The molecule has 0 atom stereocenters. The molecule has 1 N–H and O–H groups in total. The third-order valence-corrected chi connectivity index (χ3v) is 0.842. The Morgan fingerprint density at radius 1 is 1.44 bits per heavy atom. The van der Waals surface area contributed by atoms with Crippen LogP contribution in [-0.2, 0) is 0 Å². The third kappa shape index (κ3) is 1.36. The Bertz CT molecular complexity index is 175. The molecule has 9 heavy (non-hydrogen) atoms. The summed E-state index contributed by atoms with van der Waals surface area (Å²) in [4.78, 5) is 7.49. The zero-order valence-electron chi connectivity index (χ0n) is 5.02. The topological polar surface area (TPSA) is 49.2 Å². The highest BCUT2D eigenvalue weighted by atomic mass is 16.5. The summed E-state index contributed by atoms with van der Waals surface area (Å²) in [6.07, 6.45) is 3.13. The van der Waals surface area contributed by atoms with E-state index < -0.39 is 0 Å². The Morgan fingerprint density at radius 2 is 2.00 bits per heavy atom. The molecule has 0 aliphatic rings. The van der Waals surface area contributed by atoms with Crippen molar-refractivity contribution < 1.29 is 5.21 Å². The second kappa shape index (κ2) is 2.41. The fourth-order valence-corrected chi connectivity index (χ4v) is 0.458. The summed E-state index contributed by atoms with van der Waals surface area (Å²) in [5.41, 5.74) is 0. The van der Waals surface area contributed by atoms with Gasteiger partial charge >= 0.3 is 0 Å². The number of hydrogen-bond donors (Lipinski definition) is 1. The molecule has 0 saturated heterocycles. The largest absolute Gasteiger partial charge is 0.286 e. The molecule has 4 nitrogen and oxygen atoms in total. The van der Waals surface area contributed by atoms with Crippen LogP contribution in [-0.4, -0.2) is 22.2 Å². The molecule has 0 aromatic carbocycles. The van der Waals surface area contributed by atoms with Crippen molar-refractivity contribution in [3.63, 3.8) is 0 Å². The van der Waals surface area contributed by atoms with Crippen molar-refractivity contribution in [2.45, 2.75) is 0 Å². The number of anilines is 1. The van der Waals surface area contributed by atoms with E-state index in [4.69, 9.17) is 5.21 Å². The summed E-state index contributed by atoms with van der Waals surface area (Å²) < 4.78 is 0. The lowest BCUT2D eigenvalue weighted by molar-refractivity contribution is 0.272. The van der Waals surface area contributed by atoms with Crippen LogP contribution in [0.25, 0.3) is 0 Å². The summed E-state index contributed by atoms with van der Waals surface area (Å²) in [6.45, 7) is 0. The highest BCUT2D eigenvalue weighted by molar-refractivity contribution is 5.20. The summed E-state index contributed by atoms with van der Waals surface area (Å²) in [5.74, 6) is 0.303. The van der Waals surface area contributed by atoms with Crippen LogP contribution in [0.4, 0.5) is 5.95 Å². The maximum absolute atomic E-state index is 8.73. The lowest BCUT2D eigenvalue weighted by Gasteiger charge is -2.04. The summed E-state index contributed by atoms with van der Waals surface area (Å²) in [7, 11) is 1.47. The molecular formula is C5H7N3O. The number of nitrogens with zero attached hydrogens (tertiary/aromatic N) is 3. The van der Waals surface area contributed by atoms with Crippen molar-refractivity contribution in [1.29, 1.82) is 0 Å². The average Bonchev–Trinajstić information content (AvgIpc) is 1.90. The van der Waals surface area contributed by atoms with Gasteiger partial charge in [0.15, 0.2) is 0 Å². The summed E-state index contributed by atoms with van der Waals surface area (Å²) in [5, 5.41) is 9.59. The molecule has 0 bridgehead atoms. The van der Waals surface area contributed by atoms with Gasteiger partial charge in [-0.25, -0.2) is 15.0 Å². The molecule has 48 valence electrons. The smallest absolute Gasteiger partial charge is 0.249 e. The number of aromatic nitrogens is 2. The van der Waals surface area contributed by atoms with Crippen molar-refractivity contribution >= 4 is 5.95 Å². The van der Waals surface area contributed by atoms with Gasteiger partial charge in [0.25, 0.3) is 0 Å². The summed E-state index contributed by atoms with van der Waals surface area (Å²) in [6, 6.07) is 1.69. The first-order valence-electron chi connectivity index (χ1n) is 2.50. The quantitative estimate of drug-likeness (QED) is 0.548. The minimum absolute atomic E-state index is 0.303. The Labute approximate surface area is 52.7 Å². The first kappa shape index (κ1) is 5.97. The molecule has 0 spiro atoms. The predicted octanol–water partition coefficient (Wildman–Crippen LogP) is 0.302. The zero-order valence-corrected chi connectivity index (χ0v) is 5.02. The van der Waals surface area contributed by atoms with Crippen LogP contribution in [0.15, 0.2) is 18.5 Å². The molecule has 4 heteroatoms. The molecule has 0 radical (unpaired) electrons. The van der Waals surface area contributed by atoms with E-state index in [-0.39, 0.29) is 0 Å². The average molecular weight is 125 g/mol. The van der Waals surface area contributed by atoms with Gasteiger partial charge in [-0.3, -0.25) is 5.21 Å². The SMILES string of the molecule is CN(O)c1ncccn1. The zero-order chi connectivity index (χ0) is 6.69. The van der Waals surface area contributed by atoms with Crippen molar-refractivity contribution in [3.8, 4) is 0 Å². The van der Waals surface area contributed by atoms with Crippen molar-refractivity contribution in [1.82, 2.24) is 9.97 Å². The first-order valence-corrected chi connectivity index (χ1v) is 2.50. The van der Waals surface area contributed by atoms with Gasteiger partial charge in [-0.05, 0) is 6.07 Å². The maximum atomic E-state index is 8.73. The summed E-state index contributed by atoms with van der Waals surface area (Å²) >= 11 is 0. The molecule has 0 fully saturated rings. The van der Waals surface area contributed by atoms with Crippen molar-refractivity contribution in [2.24, 2.45) is 0 Å². The Kier molecular flexibility index (Phi) is 1.60. The first-order chi connectivity index (χ1) is 4.30. The van der Waals surface area contributed by atoms with E-state index in [1.54, 1.807) is 18.5 Å². The lowest BCUT2D eigenvalue weighted by atomic mass is 10.7. The van der Waals surface area contributed by atoms with Crippen molar-refractivity contribution in [3.05, 3.63) is 18.5 Å². The number of hydroxylamine groups is 1. The molecule has 0 aliphatic heterocycles. The molecular weight excluding hydrogens is 118 g/mol. The van der Waals surface area contributed by atoms with E-state index in [1.165, 1.54) is 7.05 Å². The van der Waals surface area contributed by atoms with Crippen LogP contribution >= 0.6 is 0 Å². The second-order valence-corrected chi connectivity index (χ2v) is 1.57. The van der Waals surface area contributed by atoms with Gasteiger partial charge in [-0.2, -0.15) is 0 Å². The van der Waals surface area contributed by atoms with E-state index >= 15 is 0 Å². The Balaban J connectivity index is 2.85. The van der Waals surface area contributed by atoms with Gasteiger partial charge in [0, 0.05) is 19.4 Å². The molecule has 1 rings (SSSR count). The fraction of sp³-hybridized carbons (Fsp3) is 0.200. The molecule has 1 aromatic heterocycles. The van der Waals surface area contributed by atoms with Crippen LogP contribution in [0, 0.1) is 0 Å². The third-order valence-electron chi connectivity index (χ3n) is 0.842. The Hall–Kier alpha value is -1.16. The van der Waals surface area contributed by atoms with Crippen LogP contribution < -0.4 is 5.06 Å². The maximum Gasteiger partial charge on any atom is 0.249 e. The van der Waals surface area contributed by atoms with Crippen LogP contribution in [0.1, 0.15) is 0 Å². The molecule has 0 amide bonds. The van der Waals surface area contributed by atoms with Gasteiger partial charge in [-0.15, -0.1) is 0 Å². The standard InChI is InChI=1S/C5H7N3O/c1-8(9)5-6-3-2-4-7-5/h2-4,9H,1H3. The molecule has 0 saturated carbocycles. The molecule has 1 aromatic rings. The van der Waals surface area contributed by atoms with E-state index in [2.05, 4.69) is 9.97 Å². The van der Waals surface area contributed by atoms with E-state index in [9.17, 15) is 0 Å². The van der Waals surface area contributed by atoms with Crippen LogP contribution in [0.3, 0.4) is 0 Å². The van der Waals surface area contributed by atoms with Crippen molar-refractivity contribution in [2.75, 3.05) is 12.1 Å². The number of rotatable bonds is 1. The number of hydrogen-bond acceptors (Lipinski definition) is 4. The van der Waals surface area contributed by atoms with E-state index in [0.29, 0.717) is 5.95 Å². The monoisotopic (exact) mass is 125 g/mol. The predicted molar refractivity (Wildman–Crippen MR) is 32.2 cm³/mol. The van der Waals surface area contributed by atoms with Crippen LogP contribution in [0.2, 0.25) is 0 Å². The van der Waals surface area contributed by atoms with Gasteiger partial charge in [0.2, 0.25) is 5.95 Å². The highest BCUT2D eigenvalue weighted by Gasteiger charge is 1.93. The highest BCUT2D eigenvalue weighted by Crippen LogP contribution is 1.95. The fourth-order valence-electron chi connectivity index (χ4n) is 0.458. The second-order valence-electron chi connectivity index (χ2n) is 1.57. The van der Waals surface area contributed by atoms with Gasteiger partial charge in [0.05, 0.1) is 0 Å². The normalized spacial score (nSPS) is 9.11. The minimum atomic E-state index is 0.303.